The monoisotopic (exact) mass is 284 g/mol. The Morgan fingerprint density at radius 2 is 2.25 bits per heavy atom. The maximum Gasteiger partial charge on any atom is 0.320 e. The Morgan fingerprint density at radius 3 is 2.80 bits per heavy atom. The minimum atomic E-state index is -0.968. The lowest BCUT2D eigenvalue weighted by atomic mass is 9.97. The highest BCUT2D eigenvalue weighted by Crippen LogP contribution is 2.15. The standard InChI is InChI=1S/C14H21FN2O3/c1-10(2-5-13(16)14(18)19)8-11-3-4-12(9-17-11)20-7-6-15/h3-4,9-10,13H,2,5-8,16H2,1H3,(H,18,19)/t10?,13-/m0/s1. The van der Waals surface area contributed by atoms with Gasteiger partial charge in [-0.25, -0.2) is 4.39 Å². The molecule has 20 heavy (non-hydrogen) atoms. The van der Waals surface area contributed by atoms with Gasteiger partial charge in [-0.2, -0.15) is 0 Å². The third-order valence-electron chi connectivity index (χ3n) is 2.99. The molecule has 6 heteroatoms. The molecule has 0 bridgehead atoms. The number of rotatable bonds is 9. The highest BCUT2D eigenvalue weighted by atomic mass is 19.1. The Bertz CT molecular complexity index is 411. The minimum Gasteiger partial charge on any atom is -0.489 e. The molecule has 1 rings (SSSR count). The van der Waals surface area contributed by atoms with Gasteiger partial charge in [0.1, 0.15) is 25.1 Å². The van der Waals surface area contributed by atoms with Crippen molar-refractivity contribution < 1.29 is 19.0 Å². The SMILES string of the molecule is CC(CC[C@H](N)C(=O)O)Cc1ccc(OCCF)cn1. The van der Waals surface area contributed by atoms with E-state index >= 15 is 0 Å². The summed E-state index contributed by atoms with van der Waals surface area (Å²) >= 11 is 0. The van der Waals surface area contributed by atoms with Crippen LogP contribution in [-0.2, 0) is 11.2 Å². The summed E-state index contributed by atoms with van der Waals surface area (Å²) in [6.07, 6.45) is 3.50. The van der Waals surface area contributed by atoms with E-state index in [2.05, 4.69) is 4.98 Å². The number of nitrogens with two attached hydrogens (primary N) is 1. The zero-order valence-corrected chi connectivity index (χ0v) is 11.6. The molecule has 0 saturated carbocycles. The number of aromatic nitrogens is 1. The van der Waals surface area contributed by atoms with Gasteiger partial charge in [0, 0.05) is 5.69 Å². The fraction of sp³-hybridized carbons (Fsp3) is 0.571. The summed E-state index contributed by atoms with van der Waals surface area (Å²) in [5.74, 6) is -0.123. The van der Waals surface area contributed by atoms with E-state index in [1.165, 1.54) is 0 Å². The van der Waals surface area contributed by atoms with Gasteiger partial charge in [0.25, 0.3) is 0 Å². The first kappa shape index (κ1) is 16.4. The largest absolute Gasteiger partial charge is 0.489 e. The van der Waals surface area contributed by atoms with E-state index in [9.17, 15) is 9.18 Å². The Hall–Kier alpha value is -1.69. The molecule has 0 aliphatic rings. The average Bonchev–Trinajstić information content (AvgIpc) is 2.44. The number of pyridine rings is 1. The molecule has 0 aliphatic carbocycles. The van der Waals surface area contributed by atoms with Crippen molar-refractivity contribution in [2.75, 3.05) is 13.3 Å². The number of hydrogen-bond acceptors (Lipinski definition) is 4. The van der Waals surface area contributed by atoms with Gasteiger partial charge in [-0.3, -0.25) is 9.78 Å². The highest BCUT2D eigenvalue weighted by Gasteiger charge is 2.13. The molecular weight excluding hydrogens is 263 g/mol. The molecule has 0 aliphatic heterocycles. The van der Waals surface area contributed by atoms with Crippen LogP contribution in [0.1, 0.15) is 25.5 Å². The van der Waals surface area contributed by atoms with Gasteiger partial charge in [-0.1, -0.05) is 6.92 Å². The lowest BCUT2D eigenvalue weighted by Crippen LogP contribution is -2.30. The quantitative estimate of drug-likeness (QED) is 0.722. The molecule has 0 aromatic carbocycles. The molecule has 0 spiro atoms. The predicted molar refractivity (Wildman–Crippen MR) is 73.4 cm³/mol. The maximum absolute atomic E-state index is 11.9. The van der Waals surface area contributed by atoms with Crippen molar-refractivity contribution in [1.82, 2.24) is 4.98 Å². The van der Waals surface area contributed by atoms with Crippen molar-refractivity contribution in [3.63, 3.8) is 0 Å². The summed E-state index contributed by atoms with van der Waals surface area (Å²) in [5.41, 5.74) is 6.36. The first-order valence-corrected chi connectivity index (χ1v) is 6.65. The molecule has 1 unspecified atom stereocenters. The van der Waals surface area contributed by atoms with Gasteiger partial charge in [-0.05, 0) is 37.3 Å². The van der Waals surface area contributed by atoms with Crippen molar-refractivity contribution in [1.29, 1.82) is 0 Å². The Balaban J connectivity index is 2.38. The summed E-state index contributed by atoms with van der Waals surface area (Å²) in [5, 5.41) is 8.71. The second-order valence-electron chi connectivity index (χ2n) is 4.85. The fourth-order valence-electron chi connectivity index (χ4n) is 1.82. The number of nitrogens with zero attached hydrogens (tertiary/aromatic N) is 1. The molecule has 112 valence electrons. The van der Waals surface area contributed by atoms with Crippen LogP contribution in [-0.4, -0.2) is 35.4 Å². The van der Waals surface area contributed by atoms with E-state index in [1.807, 2.05) is 13.0 Å². The number of aliphatic carboxylic acids is 1. The van der Waals surface area contributed by atoms with Crippen LogP contribution >= 0.6 is 0 Å². The Labute approximate surface area is 118 Å². The third-order valence-corrected chi connectivity index (χ3v) is 2.99. The van der Waals surface area contributed by atoms with Crippen molar-refractivity contribution in [2.45, 2.75) is 32.2 Å². The Morgan fingerprint density at radius 1 is 1.50 bits per heavy atom. The normalized spacial score (nSPS) is 13.8. The summed E-state index contributed by atoms with van der Waals surface area (Å²) in [4.78, 5) is 14.9. The van der Waals surface area contributed by atoms with Crippen molar-refractivity contribution >= 4 is 5.97 Å². The second kappa shape index (κ2) is 8.47. The number of alkyl halides is 1. The minimum absolute atomic E-state index is 0.0322. The number of carbonyl (C=O) groups is 1. The van der Waals surface area contributed by atoms with Crippen LogP contribution in [0.5, 0.6) is 5.75 Å². The number of carboxylic acid groups (broad SMARTS) is 1. The lowest BCUT2D eigenvalue weighted by Gasteiger charge is -2.13. The summed E-state index contributed by atoms with van der Waals surface area (Å²) in [6, 6.07) is 2.79. The first-order chi connectivity index (χ1) is 9.52. The highest BCUT2D eigenvalue weighted by molar-refractivity contribution is 5.72. The zero-order valence-electron chi connectivity index (χ0n) is 11.6. The zero-order chi connectivity index (χ0) is 15.0. The molecule has 1 heterocycles. The van der Waals surface area contributed by atoms with Crippen LogP contribution in [0.25, 0.3) is 0 Å². The van der Waals surface area contributed by atoms with E-state index < -0.39 is 18.7 Å². The molecule has 3 N–H and O–H groups in total. The predicted octanol–water partition coefficient (Wildman–Crippen LogP) is 1.80. The summed E-state index contributed by atoms with van der Waals surface area (Å²) < 4.78 is 17.0. The fourth-order valence-corrected chi connectivity index (χ4v) is 1.82. The van der Waals surface area contributed by atoms with Gasteiger partial charge in [0.2, 0.25) is 0 Å². The molecule has 0 amide bonds. The van der Waals surface area contributed by atoms with Gasteiger partial charge in [0.05, 0.1) is 6.20 Å². The van der Waals surface area contributed by atoms with E-state index in [0.29, 0.717) is 18.1 Å². The third kappa shape index (κ3) is 5.97. The molecule has 0 radical (unpaired) electrons. The van der Waals surface area contributed by atoms with Crippen LogP contribution in [0, 0.1) is 5.92 Å². The van der Waals surface area contributed by atoms with Crippen LogP contribution in [0.3, 0.4) is 0 Å². The number of halogens is 1. The molecule has 2 atom stereocenters. The first-order valence-electron chi connectivity index (χ1n) is 6.65. The summed E-state index contributed by atoms with van der Waals surface area (Å²) in [6.45, 7) is 1.54. The van der Waals surface area contributed by atoms with Gasteiger partial charge in [0.15, 0.2) is 0 Å². The van der Waals surface area contributed by atoms with Gasteiger partial charge < -0.3 is 15.6 Å². The smallest absolute Gasteiger partial charge is 0.320 e. The van der Waals surface area contributed by atoms with Gasteiger partial charge in [-0.15, -0.1) is 0 Å². The topological polar surface area (TPSA) is 85.4 Å². The van der Waals surface area contributed by atoms with Crippen LogP contribution in [0.2, 0.25) is 0 Å². The van der Waals surface area contributed by atoms with E-state index in [-0.39, 0.29) is 6.61 Å². The summed E-state index contributed by atoms with van der Waals surface area (Å²) in [7, 11) is 0. The van der Waals surface area contributed by atoms with Crippen molar-refractivity contribution in [2.24, 2.45) is 11.7 Å². The molecular formula is C14H21FN2O3. The van der Waals surface area contributed by atoms with Gasteiger partial charge >= 0.3 is 5.97 Å². The number of carboxylic acids is 1. The molecule has 0 saturated heterocycles. The van der Waals surface area contributed by atoms with Crippen molar-refractivity contribution in [3.8, 4) is 5.75 Å². The van der Waals surface area contributed by atoms with E-state index in [4.69, 9.17) is 15.6 Å². The lowest BCUT2D eigenvalue weighted by molar-refractivity contribution is -0.138. The van der Waals surface area contributed by atoms with E-state index in [1.54, 1.807) is 12.3 Å². The van der Waals surface area contributed by atoms with Crippen molar-refractivity contribution in [3.05, 3.63) is 24.0 Å². The maximum atomic E-state index is 11.9. The molecule has 0 fully saturated rings. The van der Waals surface area contributed by atoms with Crippen LogP contribution < -0.4 is 10.5 Å². The average molecular weight is 284 g/mol. The Kier molecular flexibility index (Phi) is 6.93. The van der Waals surface area contributed by atoms with E-state index in [0.717, 1.165) is 18.5 Å². The molecule has 1 aromatic heterocycles. The molecule has 1 aromatic rings. The number of ether oxygens (including phenoxy) is 1. The van der Waals surface area contributed by atoms with Crippen LogP contribution in [0.15, 0.2) is 18.3 Å². The van der Waals surface area contributed by atoms with Crippen LogP contribution in [0.4, 0.5) is 4.39 Å². The molecule has 5 nitrogen and oxygen atoms in total. The second-order valence-corrected chi connectivity index (χ2v) is 4.85. The number of hydrogen-bond donors (Lipinski definition) is 2.